The predicted octanol–water partition coefficient (Wildman–Crippen LogP) is 0.747. The number of carbonyl (C=O) groups excluding carboxylic acids is 2. The number of ketones is 1. The highest BCUT2D eigenvalue weighted by Gasteiger charge is 2.53. The molecule has 0 aromatic heterocycles. The number of rotatable bonds is 3. The molecule has 2 aliphatic heterocycles. The first-order valence-corrected chi connectivity index (χ1v) is 6.42. The van der Waals surface area contributed by atoms with Crippen molar-refractivity contribution in [1.82, 2.24) is 10.2 Å². The van der Waals surface area contributed by atoms with Crippen molar-refractivity contribution in [2.45, 2.75) is 45.8 Å². The molecule has 2 N–H and O–H groups in total. The van der Waals surface area contributed by atoms with E-state index in [0.717, 1.165) is 6.42 Å². The minimum Gasteiger partial charge on any atom is -0.364 e. The Kier molecular flexibility index (Phi) is 3.19. The summed E-state index contributed by atoms with van der Waals surface area (Å²) in [5.74, 6) is 0.370. The zero-order valence-corrected chi connectivity index (χ0v) is 11.1. The first-order chi connectivity index (χ1) is 8.36. The van der Waals surface area contributed by atoms with Crippen LogP contribution < -0.4 is 5.32 Å². The molecule has 1 amide bonds. The van der Waals surface area contributed by atoms with Crippen LogP contribution >= 0.6 is 0 Å². The van der Waals surface area contributed by atoms with Crippen LogP contribution in [-0.4, -0.2) is 34.0 Å². The molecule has 100 valence electrons. The van der Waals surface area contributed by atoms with Gasteiger partial charge in [0.25, 0.3) is 0 Å². The first kappa shape index (κ1) is 13.1. The summed E-state index contributed by atoms with van der Waals surface area (Å²) in [6.07, 6.45) is 1.61. The molecule has 1 atom stereocenters. The Morgan fingerprint density at radius 3 is 2.83 bits per heavy atom. The topological polar surface area (TPSA) is 69.6 Å². The Labute approximate surface area is 107 Å². The van der Waals surface area contributed by atoms with Crippen molar-refractivity contribution in [3.8, 4) is 0 Å². The molecule has 5 heteroatoms. The van der Waals surface area contributed by atoms with Crippen LogP contribution in [0.2, 0.25) is 0 Å². The molecule has 2 aliphatic rings. The van der Waals surface area contributed by atoms with Crippen LogP contribution in [0.1, 0.15) is 40.0 Å². The minimum absolute atomic E-state index is 0.108. The monoisotopic (exact) mass is 252 g/mol. The van der Waals surface area contributed by atoms with Crippen molar-refractivity contribution in [3.05, 3.63) is 11.4 Å². The van der Waals surface area contributed by atoms with E-state index in [0.29, 0.717) is 30.8 Å². The fourth-order valence-corrected chi connectivity index (χ4v) is 2.66. The van der Waals surface area contributed by atoms with E-state index in [1.807, 2.05) is 13.8 Å². The molecule has 1 fully saturated rings. The summed E-state index contributed by atoms with van der Waals surface area (Å²) in [4.78, 5) is 25.4. The molecule has 1 saturated heterocycles. The molecule has 1 unspecified atom stereocenters. The van der Waals surface area contributed by atoms with E-state index in [4.69, 9.17) is 0 Å². The van der Waals surface area contributed by atoms with E-state index in [1.165, 1.54) is 0 Å². The normalized spacial score (nSPS) is 27.2. The number of carbonyl (C=O) groups is 2. The molecule has 5 nitrogen and oxygen atoms in total. The molecule has 18 heavy (non-hydrogen) atoms. The fraction of sp³-hybridized carbons (Fsp3) is 0.692. The minimum atomic E-state index is -1.41. The second-order valence-corrected chi connectivity index (χ2v) is 5.52. The lowest BCUT2D eigenvalue weighted by Gasteiger charge is -2.28. The van der Waals surface area contributed by atoms with Crippen molar-refractivity contribution in [2.24, 2.45) is 5.92 Å². The third kappa shape index (κ3) is 1.92. The lowest BCUT2D eigenvalue weighted by Crippen LogP contribution is -2.46. The van der Waals surface area contributed by atoms with E-state index in [2.05, 4.69) is 5.32 Å². The van der Waals surface area contributed by atoms with E-state index >= 15 is 0 Å². The predicted molar refractivity (Wildman–Crippen MR) is 66.2 cm³/mol. The van der Waals surface area contributed by atoms with Gasteiger partial charge in [0.1, 0.15) is 5.82 Å². The van der Waals surface area contributed by atoms with Gasteiger partial charge >= 0.3 is 0 Å². The molecule has 0 radical (unpaired) electrons. The zero-order chi connectivity index (χ0) is 13.5. The highest BCUT2D eigenvalue weighted by atomic mass is 16.3. The molecule has 2 rings (SSSR count). The van der Waals surface area contributed by atoms with Crippen LogP contribution in [0.15, 0.2) is 11.4 Å². The lowest BCUT2D eigenvalue weighted by atomic mass is 10.0. The Morgan fingerprint density at radius 1 is 1.56 bits per heavy atom. The summed E-state index contributed by atoms with van der Waals surface area (Å²) >= 11 is 0. The maximum Gasteiger partial charge on any atom is 0.225 e. The fourth-order valence-electron chi connectivity index (χ4n) is 2.66. The number of nitrogens with one attached hydrogen (secondary N) is 1. The van der Waals surface area contributed by atoms with Crippen LogP contribution in [0.4, 0.5) is 0 Å². The Morgan fingerprint density at radius 2 is 2.22 bits per heavy atom. The van der Waals surface area contributed by atoms with Gasteiger partial charge in [-0.1, -0.05) is 13.8 Å². The number of aliphatic hydroxyl groups is 1. The van der Waals surface area contributed by atoms with Gasteiger partial charge in [0.05, 0.1) is 0 Å². The summed E-state index contributed by atoms with van der Waals surface area (Å²) < 4.78 is 0. The Balaban J connectivity index is 2.17. The number of amides is 1. The van der Waals surface area contributed by atoms with Gasteiger partial charge in [-0.2, -0.15) is 0 Å². The molecule has 0 saturated carbocycles. The van der Waals surface area contributed by atoms with Crippen LogP contribution in [0.25, 0.3) is 0 Å². The number of hydrogen-bond donors (Lipinski definition) is 2. The van der Waals surface area contributed by atoms with Crippen molar-refractivity contribution in [1.29, 1.82) is 0 Å². The number of Topliss-reactive ketones (excluding diaryl/α,β-unsaturated/α-hetero) is 1. The van der Waals surface area contributed by atoms with E-state index in [1.54, 1.807) is 11.8 Å². The van der Waals surface area contributed by atoms with Gasteiger partial charge in [-0.25, -0.2) is 0 Å². The second-order valence-electron chi connectivity index (χ2n) is 5.52. The van der Waals surface area contributed by atoms with E-state index in [-0.39, 0.29) is 17.6 Å². The van der Waals surface area contributed by atoms with Crippen LogP contribution in [0.5, 0.6) is 0 Å². The molecular weight excluding hydrogens is 232 g/mol. The van der Waals surface area contributed by atoms with Crippen molar-refractivity contribution in [3.63, 3.8) is 0 Å². The molecule has 0 aliphatic carbocycles. The van der Waals surface area contributed by atoms with Crippen molar-refractivity contribution in [2.75, 3.05) is 6.54 Å². The van der Waals surface area contributed by atoms with Gasteiger partial charge in [0.15, 0.2) is 0 Å². The summed E-state index contributed by atoms with van der Waals surface area (Å²) in [5, 5.41) is 13.1. The molecular formula is C13H20N2O3. The van der Waals surface area contributed by atoms with Gasteiger partial charge in [0.2, 0.25) is 17.4 Å². The highest BCUT2D eigenvalue weighted by molar-refractivity contribution is 6.05. The van der Waals surface area contributed by atoms with Gasteiger partial charge in [0, 0.05) is 25.0 Å². The molecule has 0 aromatic rings. The SMILES string of the molecule is CC1=C(NC(=O)CC(C)C)N2CCCC2(O)C1=O. The number of fused-ring (bicyclic) bond motifs is 1. The summed E-state index contributed by atoms with van der Waals surface area (Å²) in [7, 11) is 0. The first-order valence-electron chi connectivity index (χ1n) is 6.42. The van der Waals surface area contributed by atoms with E-state index < -0.39 is 5.72 Å². The van der Waals surface area contributed by atoms with Gasteiger partial charge in [-0.3, -0.25) is 9.59 Å². The summed E-state index contributed by atoms with van der Waals surface area (Å²) in [5.41, 5.74) is -0.959. The van der Waals surface area contributed by atoms with Crippen molar-refractivity contribution >= 4 is 11.7 Å². The molecule has 0 aromatic carbocycles. The van der Waals surface area contributed by atoms with Crippen LogP contribution in [0.3, 0.4) is 0 Å². The lowest BCUT2D eigenvalue weighted by molar-refractivity contribution is -0.143. The highest BCUT2D eigenvalue weighted by Crippen LogP contribution is 2.39. The maximum absolute atomic E-state index is 12.0. The zero-order valence-electron chi connectivity index (χ0n) is 11.1. The van der Waals surface area contributed by atoms with E-state index in [9.17, 15) is 14.7 Å². The third-order valence-corrected chi connectivity index (χ3v) is 3.53. The number of hydrogen-bond acceptors (Lipinski definition) is 4. The Bertz CT molecular complexity index is 428. The van der Waals surface area contributed by atoms with Gasteiger partial charge < -0.3 is 15.3 Å². The average Bonchev–Trinajstić information content (AvgIpc) is 2.72. The van der Waals surface area contributed by atoms with Gasteiger partial charge in [-0.05, 0) is 19.3 Å². The summed E-state index contributed by atoms with van der Waals surface area (Å²) in [6, 6.07) is 0. The quantitative estimate of drug-likeness (QED) is 0.777. The number of nitrogens with zero attached hydrogens (tertiary/aromatic N) is 1. The second kappa shape index (κ2) is 4.39. The molecule has 0 spiro atoms. The van der Waals surface area contributed by atoms with Crippen LogP contribution in [0, 0.1) is 5.92 Å². The standard InChI is InChI=1S/C13H20N2O3/c1-8(2)7-10(16)14-12-9(3)11(17)13(18)5-4-6-15(12)13/h8,18H,4-7H2,1-3H3,(H,14,16). The Hall–Kier alpha value is -1.36. The third-order valence-electron chi connectivity index (χ3n) is 3.53. The summed E-state index contributed by atoms with van der Waals surface area (Å²) in [6.45, 7) is 6.19. The van der Waals surface area contributed by atoms with Crippen LogP contribution in [-0.2, 0) is 9.59 Å². The van der Waals surface area contributed by atoms with Crippen molar-refractivity contribution < 1.29 is 14.7 Å². The van der Waals surface area contributed by atoms with Gasteiger partial charge in [-0.15, -0.1) is 0 Å². The average molecular weight is 252 g/mol. The smallest absolute Gasteiger partial charge is 0.225 e. The molecule has 2 heterocycles. The largest absolute Gasteiger partial charge is 0.364 e. The maximum atomic E-state index is 12.0. The molecule has 0 bridgehead atoms.